The zero-order valence-electron chi connectivity index (χ0n) is 6.26. The summed E-state index contributed by atoms with van der Waals surface area (Å²) < 4.78 is 4.51. The van der Waals surface area contributed by atoms with Gasteiger partial charge in [0, 0.05) is 6.54 Å². The van der Waals surface area contributed by atoms with E-state index in [1.165, 1.54) is 0 Å². The van der Waals surface area contributed by atoms with Crippen LogP contribution in [0.1, 0.15) is 13.8 Å². The minimum atomic E-state index is -0.399. The van der Waals surface area contributed by atoms with Crippen molar-refractivity contribution in [2.75, 3.05) is 12.5 Å². The molecule has 0 rings (SSSR count). The molecule has 0 bridgehead atoms. The highest BCUT2D eigenvalue weighted by molar-refractivity contribution is 7.80. The molecule has 0 atom stereocenters. The molecule has 0 spiro atoms. The normalized spacial score (nSPS) is 9.60. The minimum Gasteiger partial charge on any atom is -0.439 e. The molecule has 0 aliphatic rings. The molecule has 3 nitrogen and oxygen atoms in total. The zero-order chi connectivity index (χ0) is 7.98. The molecule has 0 fully saturated rings. The van der Waals surface area contributed by atoms with Crippen molar-refractivity contribution in [3.63, 3.8) is 0 Å². The zero-order valence-corrected chi connectivity index (χ0v) is 7.15. The fourth-order valence-electron chi connectivity index (χ4n) is 0.397. The predicted molar refractivity (Wildman–Crippen MR) is 43.2 cm³/mol. The number of hydrogen-bond acceptors (Lipinski definition) is 3. The van der Waals surface area contributed by atoms with E-state index in [-0.39, 0.29) is 5.94 Å². The smallest absolute Gasteiger partial charge is 0.407 e. The quantitative estimate of drug-likeness (QED) is 0.485. The first-order valence-corrected chi connectivity index (χ1v) is 3.81. The van der Waals surface area contributed by atoms with Crippen molar-refractivity contribution in [2.45, 2.75) is 13.8 Å². The van der Waals surface area contributed by atoms with Gasteiger partial charge in [0.15, 0.2) is 0 Å². The first-order valence-electron chi connectivity index (χ1n) is 3.18. The van der Waals surface area contributed by atoms with Crippen LogP contribution in [0.3, 0.4) is 0 Å². The second kappa shape index (κ2) is 5.41. The molecular weight excluding hydrogens is 150 g/mol. The summed E-state index contributed by atoms with van der Waals surface area (Å²) >= 11 is 3.72. The maximum atomic E-state index is 10.6. The summed E-state index contributed by atoms with van der Waals surface area (Å²) in [7, 11) is 0. The molecule has 1 N–H and O–H groups in total. The molecule has 0 aliphatic heterocycles. The lowest BCUT2D eigenvalue weighted by atomic mass is 10.2. The molecule has 0 aliphatic carbocycles. The molecule has 0 heterocycles. The van der Waals surface area contributed by atoms with Crippen molar-refractivity contribution in [2.24, 2.45) is 5.92 Å². The molecule has 10 heavy (non-hydrogen) atoms. The van der Waals surface area contributed by atoms with Gasteiger partial charge >= 0.3 is 6.09 Å². The maximum absolute atomic E-state index is 10.6. The fourth-order valence-corrected chi connectivity index (χ4v) is 0.514. The van der Waals surface area contributed by atoms with E-state index in [1.54, 1.807) is 0 Å². The molecular formula is C6H13NO2S. The van der Waals surface area contributed by atoms with E-state index in [1.807, 2.05) is 13.8 Å². The van der Waals surface area contributed by atoms with Crippen LogP contribution in [0.5, 0.6) is 0 Å². The number of rotatable bonds is 3. The summed E-state index contributed by atoms with van der Waals surface area (Å²) in [4.78, 5) is 10.6. The average molecular weight is 163 g/mol. The van der Waals surface area contributed by atoms with Crippen molar-refractivity contribution in [3.05, 3.63) is 0 Å². The van der Waals surface area contributed by atoms with Gasteiger partial charge in [0.1, 0.15) is 5.94 Å². The molecule has 4 heteroatoms. The second-order valence-corrected chi connectivity index (χ2v) is 2.59. The van der Waals surface area contributed by atoms with Crippen LogP contribution in [-0.2, 0) is 4.74 Å². The maximum Gasteiger partial charge on any atom is 0.407 e. The monoisotopic (exact) mass is 163 g/mol. The molecule has 0 unspecified atom stereocenters. The van der Waals surface area contributed by atoms with Gasteiger partial charge in [-0.3, -0.25) is 0 Å². The third kappa shape index (κ3) is 5.75. The van der Waals surface area contributed by atoms with Crippen LogP contribution in [-0.4, -0.2) is 18.6 Å². The summed E-state index contributed by atoms with van der Waals surface area (Å²) in [6.07, 6.45) is -0.399. The number of ether oxygens (including phenoxy) is 1. The van der Waals surface area contributed by atoms with Crippen LogP contribution in [0.15, 0.2) is 0 Å². The first-order chi connectivity index (χ1) is 4.66. The Hall–Kier alpha value is -0.380. The minimum absolute atomic E-state index is 0.129. The van der Waals surface area contributed by atoms with Crippen molar-refractivity contribution >= 4 is 18.7 Å². The Morgan fingerprint density at radius 1 is 1.70 bits per heavy atom. The highest BCUT2D eigenvalue weighted by Gasteiger charge is 1.99. The Bertz CT molecular complexity index is 106. The third-order valence-corrected chi connectivity index (χ3v) is 0.979. The van der Waals surface area contributed by atoms with Crippen LogP contribution in [0.2, 0.25) is 0 Å². The van der Waals surface area contributed by atoms with E-state index in [0.717, 1.165) is 0 Å². The number of thiol groups is 1. The molecule has 60 valence electrons. The Labute approximate surface area is 66.5 Å². The Morgan fingerprint density at radius 2 is 2.30 bits per heavy atom. The highest BCUT2D eigenvalue weighted by atomic mass is 32.1. The van der Waals surface area contributed by atoms with Crippen molar-refractivity contribution < 1.29 is 9.53 Å². The SMILES string of the molecule is CC(C)CNC(=O)OCS. The van der Waals surface area contributed by atoms with E-state index < -0.39 is 6.09 Å². The van der Waals surface area contributed by atoms with Gasteiger partial charge in [-0.05, 0) is 5.92 Å². The number of nitrogens with one attached hydrogen (secondary N) is 1. The summed E-state index contributed by atoms with van der Waals surface area (Å²) in [5.41, 5.74) is 0. The Balaban J connectivity index is 3.22. The predicted octanol–water partition coefficient (Wildman–Crippen LogP) is 1.26. The Morgan fingerprint density at radius 3 is 2.70 bits per heavy atom. The average Bonchev–Trinajstić information content (AvgIpc) is 1.85. The van der Waals surface area contributed by atoms with Gasteiger partial charge in [-0.1, -0.05) is 13.8 Å². The van der Waals surface area contributed by atoms with E-state index in [2.05, 4.69) is 22.7 Å². The second-order valence-electron chi connectivity index (χ2n) is 2.34. The van der Waals surface area contributed by atoms with Gasteiger partial charge in [0.25, 0.3) is 0 Å². The van der Waals surface area contributed by atoms with Crippen LogP contribution in [0, 0.1) is 5.92 Å². The molecule has 0 radical (unpaired) electrons. The van der Waals surface area contributed by atoms with Gasteiger partial charge in [0.2, 0.25) is 0 Å². The molecule has 0 aromatic rings. The van der Waals surface area contributed by atoms with Crippen LogP contribution in [0.4, 0.5) is 4.79 Å². The standard InChI is InChI=1S/C6H13NO2S/c1-5(2)3-7-6(8)9-4-10/h5,10H,3-4H2,1-2H3,(H,7,8). The lowest BCUT2D eigenvalue weighted by molar-refractivity contribution is 0.165. The van der Waals surface area contributed by atoms with Crippen molar-refractivity contribution in [1.29, 1.82) is 0 Å². The number of amides is 1. The molecule has 0 saturated carbocycles. The van der Waals surface area contributed by atoms with E-state index in [4.69, 9.17) is 0 Å². The fraction of sp³-hybridized carbons (Fsp3) is 0.833. The third-order valence-electron chi connectivity index (χ3n) is 0.850. The highest BCUT2D eigenvalue weighted by Crippen LogP contribution is 1.88. The van der Waals surface area contributed by atoms with Gasteiger partial charge in [-0.15, -0.1) is 12.6 Å². The van der Waals surface area contributed by atoms with E-state index in [9.17, 15) is 4.79 Å². The molecule has 0 aromatic carbocycles. The van der Waals surface area contributed by atoms with Crippen LogP contribution < -0.4 is 5.32 Å². The lowest BCUT2D eigenvalue weighted by Gasteiger charge is -2.05. The molecule has 0 saturated heterocycles. The van der Waals surface area contributed by atoms with E-state index in [0.29, 0.717) is 12.5 Å². The van der Waals surface area contributed by atoms with Gasteiger partial charge in [0.05, 0.1) is 0 Å². The summed E-state index contributed by atoms with van der Waals surface area (Å²) in [5.74, 6) is 0.580. The largest absolute Gasteiger partial charge is 0.439 e. The Kier molecular flexibility index (Phi) is 5.20. The van der Waals surface area contributed by atoms with Crippen molar-refractivity contribution in [3.8, 4) is 0 Å². The summed E-state index contributed by atoms with van der Waals surface area (Å²) in [6.45, 7) is 4.68. The van der Waals surface area contributed by atoms with E-state index >= 15 is 0 Å². The van der Waals surface area contributed by atoms with Crippen molar-refractivity contribution in [1.82, 2.24) is 5.32 Å². The number of hydrogen-bond donors (Lipinski definition) is 2. The van der Waals surface area contributed by atoms with Gasteiger partial charge < -0.3 is 10.1 Å². The lowest BCUT2D eigenvalue weighted by Crippen LogP contribution is -2.27. The number of carbonyl (C=O) groups excluding carboxylic acids is 1. The van der Waals surface area contributed by atoms with Gasteiger partial charge in [-0.2, -0.15) is 0 Å². The summed E-state index contributed by atoms with van der Waals surface area (Å²) in [6, 6.07) is 0. The van der Waals surface area contributed by atoms with Crippen LogP contribution >= 0.6 is 12.6 Å². The summed E-state index contributed by atoms with van der Waals surface area (Å²) in [5, 5.41) is 2.57. The molecule has 0 aromatic heterocycles. The first kappa shape index (κ1) is 9.62. The number of carbonyl (C=O) groups is 1. The number of alkyl carbamates (subject to hydrolysis) is 1. The van der Waals surface area contributed by atoms with Crippen LogP contribution in [0.25, 0.3) is 0 Å². The molecule has 1 amide bonds. The topological polar surface area (TPSA) is 38.3 Å². The van der Waals surface area contributed by atoms with Gasteiger partial charge in [-0.25, -0.2) is 4.79 Å².